The van der Waals surface area contributed by atoms with Gasteiger partial charge in [0.15, 0.2) is 11.8 Å². The molecular formula is C17H33N7. The smallest absolute Gasteiger partial charge is 0.191 e. The number of aryl methyl sites for hydroxylation is 1. The number of rotatable bonds is 7. The van der Waals surface area contributed by atoms with E-state index >= 15 is 0 Å². The Labute approximate surface area is 145 Å². The number of hydrogen-bond acceptors (Lipinski definition) is 4. The van der Waals surface area contributed by atoms with Gasteiger partial charge in [0, 0.05) is 32.7 Å². The fourth-order valence-electron chi connectivity index (χ4n) is 3.21. The van der Waals surface area contributed by atoms with Crippen LogP contribution in [0, 0.1) is 6.92 Å². The molecule has 2 heterocycles. The van der Waals surface area contributed by atoms with Crippen molar-refractivity contribution in [2.24, 2.45) is 12.0 Å². The van der Waals surface area contributed by atoms with Crippen LogP contribution >= 0.6 is 0 Å². The largest absolute Gasteiger partial charge is 0.357 e. The molecule has 7 heteroatoms. The molecule has 0 amide bonds. The van der Waals surface area contributed by atoms with E-state index in [2.05, 4.69) is 44.6 Å². The van der Waals surface area contributed by atoms with Crippen LogP contribution in [-0.4, -0.2) is 57.8 Å². The molecule has 1 aliphatic heterocycles. The van der Waals surface area contributed by atoms with Gasteiger partial charge in [0.1, 0.15) is 12.4 Å². The number of nitrogens with zero attached hydrogens (tertiary/aromatic N) is 5. The molecule has 1 atom stereocenters. The summed E-state index contributed by atoms with van der Waals surface area (Å²) in [7, 11) is 1.97. The van der Waals surface area contributed by atoms with Crippen LogP contribution in [0.4, 0.5) is 0 Å². The Morgan fingerprint density at radius 1 is 1.25 bits per heavy atom. The van der Waals surface area contributed by atoms with Gasteiger partial charge in [-0.15, -0.1) is 10.2 Å². The maximum Gasteiger partial charge on any atom is 0.191 e. The first-order chi connectivity index (χ1) is 11.7. The number of guanidine groups is 1. The van der Waals surface area contributed by atoms with Crippen molar-refractivity contribution in [2.75, 3.05) is 26.2 Å². The molecule has 7 nitrogen and oxygen atoms in total. The molecule has 1 saturated heterocycles. The standard InChI is InChI=1S/C17H33N7/c1-5-15-9-7-8-11-24(15)12-10-19-17(18-6-2)20-13-16-22-21-14(3)23(16)4/h15H,5-13H2,1-4H3,(H2,18,19,20). The average molecular weight is 336 g/mol. The van der Waals surface area contributed by atoms with Crippen molar-refractivity contribution in [2.45, 2.75) is 59.0 Å². The van der Waals surface area contributed by atoms with Crippen LogP contribution in [0.3, 0.4) is 0 Å². The molecule has 0 aromatic carbocycles. The lowest BCUT2D eigenvalue weighted by Gasteiger charge is -2.35. The summed E-state index contributed by atoms with van der Waals surface area (Å²) in [6.07, 6.45) is 5.30. The molecule has 1 aromatic rings. The minimum absolute atomic E-state index is 0.536. The highest BCUT2D eigenvalue weighted by molar-refractivity contribution is 5.79. The van der Waals surface area contributed by atoms with Gasteiger partial charge >= 0.3 is 0 Å². The summed E-state index contributed by atoms with van der Waals surface area (Å²) < 4.78 is 1.98. The Bertz CT molecular complexity index is 523. The third-order valence-corrected chi connectivity index (χ3v) is 4.82. The number of piperidine rings is 1. The lowest BCUT2D eigenvalue weighted by Crippen LogP contribution is -2.45. The van der Waals surface area contributed by atoms with Gasteiger partial charge in [-0.25, -0.2) is 4.99 Å². The molecule has 0 saturated carbocycles. The predicted octanol–water partition coefficient (Wildman–Crippen LogP) is 1.44. The van der Waals surface area contributed by atoms with E-state index in [0.717, 1.165) is 43.3 Å². The molecule has 1 fully saturated rings. The van der Waals surface area contributed by atoms with Gasteiger partial charge < -0.3 is 15.2 Å². The highest BCUT2D eigenvalue weighted by atomic mass is 15.3. The first-order valence-corrected chi connectivity index (χ1v) is 9.26. The second-order valence-corrected chi connectivity index (χ2v) is 6.44. The topological polar surface area (TPSA) is 70.4 Å². The number of hydrogen-bond donors (Lipinski definition) is 2. The third-order valence-electron chi connectivity index (χ3n) is 4.82. The van der Waals surface area contributed by atoms with E-state index in [1.54, 1.807) is 0 Å². The van der Waals surface area contributed by atoms with Gasteiger partial charge in [-0.1, -0.05) is 13.3 Å². The van der Waals surface area contributed by atoms with E-state index in [1.165, 1.54) is 32.2 Å². The predicted molar refractivity (Wildman–Crippen MR) is 98.1 cm³/mol. The molecule has 1 aliphatic rings. The van der Waals surface area contributed by atoms with Crippen LogP contribution in [0.15, 0.2) is 4.99 Å². The fourth-order valence-corrected chi connectivity index (χ4v) is 3.21. The van der Waals surface area contributed by atoms with Crippen LogP contribution in [-0.2, 0) is 13.6 Å². The molecular weight excluding hydrogens is 302 g/mol. The lowest BCUT2D eigenvalue weighted by molar-refractivity contribution is 0.147. The highest BCUT2D eigenvalue weighted by Crippen LogP contribution is 2.18. The Kier molecular flexibility index (Phi) is 7.49. The molecule has 1 aromatic heterocycles. The van der Waals surface area contributed by atoms with Crippen LogP contribution in [0.25, 0.3) is 0 Å². The summed E-state index contributed by atoms with van der Waals surface area (Å²) in [4.78, 5) is 7.25. The molecule has 2 N–H and O–H groups in total. The van der Waals surface area contributed by atoms with Crippen molar-refractivity contribution in [1.29, 1.82) is 0 Å². The molecule has 0 radical (unpaired) electrons. The SMILES string of the molecule is CCNC(=NCc1nnc(C)n1C)NCCN1CCCCC1CC. The summed E-state index contributed by atoms with van der Waals surface area (Å²) in [5.41, 5.74) is 0. The zero-order chi connectivity index (χ0) is 17.4. The van der Waals surface area contributed by atoms with Crippen molar-refractivity contribution in [3.05, 3.63) is 11.6 Å². The number of likely N-dealkylation sites (tertiary alicyclic amines) is 1. The first kappa shape index (κ1) is 18.7. The zero-order valence-corrected chi connectivity index (χ0v) is 15.7. The molecule has 136 valence electrons. The second kappa shape index (κ2) is 9.61. The van der Waals surface area contributed by atoms with Crippen molar-refractivity contribution >= 4 is 5.96 Å². The Hall–Kier alpha value is -1.63. The summed E-state index contributed by atoms with van der Waals surface area (Å²) in [5, 5.41) is 15.0. The normalized spacial score (nSPS) is 19.5. The molecule has 0 aliphatic carbocycles. The molecule has 2 rings (SSSR count). The van der Waals surface area contributed by atoms with Gasteiger partial charge in [0.05, 0.1) is 0 Å². The Morgan fingerprint density at radius 3 is 2.75 bits per heavy atom. The molecule has 1 unspecified atom stereocenters. The maximum atomic E-state index is 4.63. The minimum Gasteiger partial charge on any atom is -0.357 e. The Balaban J connectivity index is 1.84. The van der Waals surface area contributed by atoms with Gasteiger partial charge in [0.25, 0.3) is 0 Å². The van der Waals surface area contributed by atoms with Crippen LogP contribution < -0.4 is 10.6 Å². The minimum atomic E-state index is 0.536. The van der Waals surface area contributed by atoms with Crippen molar-refractivity contribution in [3.63, 3.8) is 0 Å². The summed E-state index contributed by atoms with van der Waals surface area (Å²) in [6.45, 7) is 10.9. The first-order valence-electron chi connectivity index (χ1n) is 9.26. The average Bonchev–Trinajstić information content (AvgIpc) is 2.92. The van der Waals surface area contributed by atoms with Crippen LogP contribution in [0.5, 0.6) is 0 Å². The van der Waals surface area contributed by atoms with E-state index in [0.29, 0.717) is 6.54 Å². The molecule has 24 heavy (non-hydrogen) atoms. The Morgan fingerprint density at radius 2 is 2.08 bits per heavy atom. The summed E-state index contributed by atoms with van der Waals surface area (Å²) in [5.74, 6) is 2.64. The second-order valence-electron chi connectivity index (χ2n) is 6.44. The highest BCUT2D eigenvalue weighted by Gasteiger charge is 2.19. The third kappa shape index (κ3) is 5.19. The fraction of sp³-hybridized carbons (Fsp3) is 0.824. The van der Waals surface area contributed by atoms with Crippen LogP contribution in [0.2, 0.25) is 0 Å². The van der Waals surface area contributed by atoms with E-state index in [1.807, 2.05) is 18.5 Å². The summed E-state index contributed by atoms with van der Waals surface area (Å²) >= 11 is 0. The van der Waals surface area contributed by atoms with Crippen molar-refractivity contribution in [1.82, 2.24) is 30.3 Å². The van der Waals surface area contributed by atoms with E-state index in [-0.39, 0.29) is 0 Å². The number of nitrogens with one attached hydrogen (secondary N) is 2. The van der Waals surface area contributed by atoms with Gasteiger partial charge in [-0.3, -0.25) is 4.90 Å². The lowest BCUT2D eigenvalue weighted by atomic mass is 10.0. The van der Waals surface area contributed by atoms with Crippen LogP contribution in [0.1, 0.15) is 51.2 Å². The van der Waals surface area contributed by atoms with Gasteiger partial charge in [-0.05, 0) is 39.7 Å². The number of aliphatic imine (C=N–C) groups is 1. The number of aromatic nitrogens is 3. The maximum absolute atomic E-state index is 4.63. The van der Waals surface area contributed by atoms with E-state index in [9.17, 15) is 0 Å². The van der Waals surface area contributed by atoms with E-state index in [4.69, 9.17) is 0 Å². The van der Waals surface area contributed by atoms with Gasteiger partial charge in [0.2, 0.25) is 0 Å². The molecule has 0 spiro atoms. The van der Waals surface area contributed by atoms with E-state index < -0.39 is 0 Å². The molecule has 0 bridgehead atoms. The quantitative estimate of drug-likeness (QED) is 0.583. The summed E-state index contributed by atoms with van der Waals surface area (Å²) in [6, 6.07) is 0.752. The zero-order valence-electron chi connectivity index (χ0n) is 15.7. The van der Waals surface area contributed by atoms with Gasteiger partial charge in [-0.2, -0.15) is 0 Å². The van der Waals surface area contributed by atoms with Crippen molar-refractivity contribution < 1.29 is 0 Å². The monoisotopic (exact) mass is 335 g/mol. The van der Waals surface area contributed by atoms with Crippen molar-refractivity contribution in [3.8, 4) is 0 Å².